The van der Waals surface area contributed by atoms with Crippen LogP contribution < -0.4 is 14.4 Å². The first kappa shape index (κ1) is 23.5. The predicted molar refractivity (Wildman–Crippen MR) is 121 cm³/mol. The summed E-state index contributed by atoms with van der Waals surface area (Å²) in [7, 11) is -3.99. The molecule has 172 valence electrons. The van der Waals surface area contributed by atoms with E-state index < -0.39 is 20.4 Å². The molecule has 0 unspecified atom stereocenters. The largest absolute Gasteiger partial charge is 0.490 e. The Kier molecular flexibility index (Phi) is 6.45. The quantitative estimate of drug-likeness (QED) is 0.488. The predicted octanol–water partition coefficient (Wildman–Crippen LogP) is 4.19. The van der Waals surface area contributed by atoms with Crippen molar-refractivity contribution in [1.82, 2.24) is 0 Å². The Balaban J connectivity index is 1.94. The summed E-state index contributed by atoms with van der Waals surface area (Å²) in [5.41, 5.74) is -0.167. The molecule has 0 aromatic heterocycles. The van der Waals surface area contributed by atoms with Gasteiger partial charge in [-0.25, -0.2) is 8.42 Å². The van der Waals surface area contributed by atoms with E-state index >= 15 is 0 Å². The number of carbonyl (C=O) groups is 1. The number of benzene rings is 2. The van der Waals surface area contributed by atoms with Gasteiger partial charge in [-0.3, -0.25) is 19.6 Å². The molecule has 0 saturated carbocycles. The monoisotopic (exact) mass is 461 g/mol. The summed E-state index contributed by atoms with van der Waals surface area (Å²) < 4.78 is 33.9. The summed E-state index contributed by atoms with van der Waals surface area (Å²) in [6.45, 7) is 8.47. The van der Waals surface area contributed by atoms with E-state index in [1.54, 1.807) is 23.1 Å². The number of nitrogens with one attached hydrogen (secondary N) is 1. The third-order valence-electron chi connectivity index (χ3n) is 5.20. The summed E-state index contributed by atoms with van der Waals surface area (Å²) in [4.78, 5) is 25.0. The molecule has 1 N–H and O–H groups in total. The second-order valence-corrected chi connectivity index (χ2v) is 10.5. The molecule has 1 aliphatic heterocycles. The van der Waals surface area contributed by atoms with Gasteiger partial charge in [-0.05, 0) is 56.5 Å². The van der Waals surface area contributed by atoms with Gasteiger partial charge in [0.25, 0.3) is 15.7 Å². The van der Waals surface area contributed by atoms with Crippen molar-refractivity contribution in [2.45, 2.75) is 39.0 Å². The van der Waals surface area contributed by atoms with E-state index in [9.17, 15) is 23.3 Å². The van der Waals surface area contributed by atoms with Crippen molar-refractivity contribution in [2.75, 3.05) is 22.8 Å². The van der Waals surface area contributed by atoms with Crippen LogP contribution in [0.4, 0.5) is 17.1 Å². The third kappa shape index (κ3) is 5.01. The molecular weight excluding hydrogens is 434 g/mol. The Hall–Kier alpha value is -3.14. The van der Waals surface area contributed by atoms with Crippen LogP contribution in [-0.2, 0) is 14.8 Å². The van der Waals surface area contributed by atoms with E-state index in [2.05, 4.69) is 18.6 Å². The number of rotatable bonds is 7. The van der Waals surface area contributed by atoms with Crippen molar-refractivity contribution in [3.63, 3.8) is 0 Å². The molecule has 1 amide bonds. The van der Waals surface area contributed by atoms with Gasteiger partial charge in [-0.1, -0.05) is 13.8 Å². The van der Waals surface area contributed by atoms with Crippen LogP contribution in [0.15, 0.2) is 47.4 Å². The van der Waals surface area contributed by atoms with E-state index in [1.807, 2.05) is 13.8 Å². The van der Waals surface area contributed by atoms with Gasteiger partial charge in [0.05, 0.1) is 26.6 Å². The van der Waals surface area contributed by atoms with Crippen molar-refractivity contribution >= 4 is 33.0 Å². The topological polar surface area (TPSA) is 119 Å². The summed E-state index contributed by atoms with van der Waals surface area (Å²) in [5.74, 6) is 0.792. The van der Waals surface area contributed by atoms with Crippen LogP contribution in [0.25, 0.3) is 0 Å². The number of nitro groups is 1. The zero-order chi connectivity index (χ0) is 23.7. The molecule has 10 heteroatoms. The Morgan fingerprint density at radius 1 is 1.19 bits per heavy atom. The second kappa shape index (κ2) is 8.78. The molecular formula is C22H27N3O6S. The molecule has 2 aromatic carbocycles. The number of ether oxygens (including phenoxy) is 1. The highest BCUT2D eigenvalue weighted by Gasteiger charge is 2.37. The maximum Gasteiger partial charge on any atom is 0.269 e. The summed E-state index contributed by atoms with van der Waals surface area (Å²) in [5, 5.41) is 10.8. The smallest absolute Gasteiger partial charge is 0.269 e. The number of amides is 1. The molecule has 1 heterocycles. The van der Waals surface area contributed by atoms with Crippen LogP contribution in [0.5, 0.6) is 5.75 Å². The lowest BCUT2D eigenvalue weighted by Crippen LogP contribution is -2.42. The molecule has 0 fully saturated rings. The van der Waals surface area contributed by atoms with Crippen LogP contribution in [0.1, 0.15) is 34.1 Å². The molecule has 9 nitrogen and oxygen atoms in total. The van der Waals surface area contributed by atoms with Crippen LogP contribution >= 0.6 is 0 Å². The highest BCUT2D eigenvalue weighted by Crippen LogP contribution is 2.39. The van der Waals surface area contributed by atoms with Gasteiger partial charge >= 0.3 is 0 Å². The number of fused-ring (bicyclic) bond motifs is 1. The van der Waals surface area contributed by atoms with Crippen molar-refractivity contribution < 1.29 is 22.9 Å². The molecule has 0 radical (unpaired) electrons. The standard InChI is InChI=1S/C22H27N3O6S/c1-15(2)11-12-24-19-13-16(5-10-20(19)31-14-22(3,4)21(24)26)23-32(29,30)18-8-6-17(7-9-18)25(27)28/h5-10,13,15,23H,11-12,14H2,1-4H3. The summed E-state index contributed by atoms with van der Waals surface area (Å²) in [6.07, 6.45) is 0.778. The highest BCUT2D eigenvalue weighted by molar-refractivity contribution is 7.92. The Morgan fingerprint density at radius 2 is 1.84 bits per heavy atom. The maximum atomic E-state index is 13.2. The number of anilines is 2. The van der Waals surface area contributed by atoms with Crippen molar-refractivity contribution in [2.24, 2.45) is 11.3 Å². The molecule has 0 atom stereocenters. The molecule has 3 rings (SSSR count). The molecule has 2 aromatic rings. The number of nitro benzene ring substituents is 1. The zero-order valence-corrected chi connectivity index (χ0v) is 19.3. The lowest BCUT2D eigenvalue weighted by molar-refractivity contribution is -0.384. The van der Waals surface area contributed by atoms with E-state index in [-0.39, 0.29) is 28.8 Å². The number of nitrogens with zero attached hydrogens (tertiary/aromatic N) is 2. The number of sulfonamides is 1. The number of hydrogen-bond donors (Lipinski definition) is 1. The fourth-order valence-electron chi connectivity index (χ4n) is 3.28. The van der Waals surface area contributed by atoms with E-state index in [4.69, 9.17) is 4.74 Å². The van der Waals surface area contributed by atoms with Crippen LogP contribution in [0.3, 0.4) is 0 Å². The Bertz CT molecular complexity index is 1130. The second-order valence-electron chi connectivity index (χ2n) is 8.85. The first-order chi connectivity index (χ1) is 14.9. The average molecular weight is 462 g/mol. The van der Waals surface area contributed by atoms with Crippen molar-refractivity contribution in [3.8, 4) is 5.75 Å². The molecule has 1 aliphatic rings. The Labute approximate surface area is 187 Å². The average Bonchev–Trinajstić information content (AvgIpc) is 2.81. The minimum absolute atomic E-state index is 0.0905. The van der Waals surface area contributed by atoms with Gasteiger partial charge in [0.15, 0.2) is 0 Å². The van der Waals surface area contributed by atoms with Crippen molar-refractivity contribution in [1.29, 1.82) is 0 Å². The fraction of sp³-hybridized carbons (Fsp3) is 0.409. The van der Waals surface area contributed by atoms with Gasteiger partial charge in [0.1, 0.15) is 12.4 Å². The van der Waals surface area contributed by atoms with E-state index in [0.29, 0.717) is 23.9 Å². The van der Waals surface area contributed by atoms with E-state index in [1.165, 1.54) is 12.1 Å². The maximum absolute atomic E-state index is 13.2. The lowest BCUT2D eigenvalue weighted by Gasteiger charge is -2.28. The summed E-state index contributed by atoms with van der Waals surface area (Å²) >= 11 is 0. The van der Waals surface area contributed by atoms with E-state index in [0.717, 1.165) is 18.6 Å². The minimum atomic E-state index is -3.99. The van der Waals surface area contributed by atoms with Gasteiger partial charge in [0.2, 0.25) is 5.91 Å². The van der Waals surface area contributed by atoms with Crippen LogP contribution in [0.2, 0.25) is 0 Å². The normalized spacial score (nSPS) is 15.7. The third-order valence-corrected chi connectivity index (χ3v) is 6.60. The van der Waals surface area contributed by atoms with Crippen molar-refractivity contribution in [3.05, 3.63) is 52.6 Å². The van der Waals surface area contributed by atoms with Gasteiger partial charge in [-0.2, -0.15) is 0 Å². The molecule has 32 heavy (non-hydrogen) atoms. The molecule has 0 saturated heterocycles. The Morgan fingerprint density at radius 3 is 2.44 bits per heavy atom. The molecule has 0 spiro atoms. The molecule has 0 aliphatic carbocycles. The lowest BCUT2D eigenvalue weighted by atomic mass is 9.92. The van der Waals surface area contributed by atoms with Crippen LogP contribution in [-0.4, -0.2) is 32.4 Å². The fourth-order valence-corrected chi connectivity index (χ4v) is 4.33. The number of hydrogen-bond acceptors (Lipinski definition) is 6. The SMILES string of the molecule is CC(C)CCN1C(=O)C(C)(C)COc2ccc(NS(=O)(=O)c3ccc([N+](=O)[O-])cc3)cc21. The highest BCUT2D eigenvalue weighted by atomic mass is 32.2. The first-order valence-electron chi connectivity index (χ1n) is 10.3. The minimum Gasteiger partial charge on any atom is -0.490 e. The molecule has 0 bridgehead atoms. The number of carbonyl (C=O) groups excluding carboxylic acids is 1. The summed E-state index contributed by atoms with van der Waals surface area (Å²) in [6, 6.07) is 9.40. The first-order valence-corrected chi connectivity index (χ1v) is 11.7. The van der Waals surface area contributed by atoms with Gasteiger partial charge in [0, 0.05) is 18.7 Å². The number of non-ortho nitro benzene ring substituents is 1. The zero-order valence-electron chi connectivity index (χ0n) is 18.5. The van der Waals surface area contributed by atoms with Crippen LogP contribution in [0, 0.1) is 21.4 Å². The van der Waals surface area contributed by atoms with Gasteiger partial charge < -0.3 is 9.64 Å². The van der Waals surface area contributed by atoms with Gasteiger partial charge in [-0.15, -0.1) is 0 Å².